The van der Waals surface area contributed by atoms with E-state index in [-0.39, 0.29) is 16.7 Å². The summed E-state index contributed by atoms with van der Waals surface area (Å²) in [5.74, 6) is -1.17. The van der Waals surface area contributed by atoms with Gasteiger partial charge in [0.15, 0.2) is 6.61 Å². The third kappa shape index (κ3) is 4.35. The molecule has 0 aliphatic carbocycles. The number of anilines is 1. The van der Waals surface area contributed by atoms with Gasteiger partial charge in [-0.3, -0.25) is 4.79 Å². The second-order valence-electron chi connectivity index (χ2n) is 3.89. The van der Waals surface area contributed by atoms with E-state index in [1.165, 1.54) is 12.1 Å². The van der Waals surface area contributed by atoms with E-state index in [1.54, 1.807) is 18.2 Å². The first kappa shape index (κ1) is 15.6. The number of aliphatic carboxylic acids is 1. The number of ether oxygens (including phenoxy) is 1. The minimum absolute atomic E-state index is 0.207. The van der Waals surface area contributed by atoms with E-state index in [9.17, 15) is 9.59 Å². The summed E-state index contributed by atoms with van der Waals surface area (Å²) in [5, 5.41) is 11.4. The Morgan fingerprint density at radius 1 is 1.24 bits per heavy atom. The van der Waals surface area contributed by atoms with Crippen LogP contribution >= 0.6 is 34.5 Å². The first-order chi connectivity index (χ1) is 9.95. The number of hydrogen-bond donors (Lipinski definition) is 2. The zero-order valence-electron chi connectivity index (χ0n) is 10.4. The molecule has 0 saturated carbocycles. The average Bonchev–Trinajstić information content (AvgIpc) is 2.84. The van der Waals surface area contributed by atoms with Gasteiger partial charge in [-0.1, -0.05) is 23.2 Å². The Labute approximate surface area is 134 Å². The van der Waals surface area contributed by atoms with Gasteiger partial charge in [0, 0.05) is 5.69 Å². The molecule has 0 radical (unpaired) electrons. The second kappa shape index (κ2) is 6.80. The third-order valence-electron chi connectivity index (χ3n) is 2.34. The molecule has 110 valence electrons. The molecular formula is C13H9Cl2NO4S. The molecule has 2 N–H and O–H groups in total. The molecule has 0 atom stereocenters. The summed E-state index contributed by atoms with van der Waals surface area (Å²) in [6.07, 6.45) is 0. The molecule has 2 rings (SSSR count). The van der Waals surface area contributed by atoms with Crippen LogP contribution in [0.25, 0.3) is 0 Å². The number of thiophene rings is 1. The highest BCUT2D eigenvalue weighted by Crippen LogP contribution is 2.28. The summed E-state index contributed by atoms with van der Waals surface area (Å²) in [6, 6.07) is 7.79. The largest absolute Gasteiger partial charge is 0.480 e. The normalized spacial score (nSPS) is 10.2. The lowest BCUT2D eigenvalue weighted by Gasteiger charge is -2.08. The second-order valence-corrected chi connectivity index (χ2v) is 6.01. The fourth-order valence-corrected chi connectivity index (χ4v) is 2.64. The number of carboxylic acid groups (broad SMARTS) is 1. The van der Waals surface area contributed by atoms with Crippen LogP contribution in [0.2, 0.25) is 9.36 Å². The van der Waals surface area contributed by atoms with Crippen LogP contribution in [0.1, 0.15) is 9.67 Å². The Balaban J connectivity index is 2.06. The Bertz CT molecular complexity index is 687. The summed E-state index contributed by atoms with van der Waals surface area (Å²) in [7, 11) is 0. The molecule has 1 aromatic carbocycles. The number of rotatable bonds is 5. The fraction of sp³-hybridized carbons (Fsp3) is 0.0769. The minimum atomic E-state index is -1.10. The summed E-state index contributed by atoms with van der Waals surface area (Å²) in [6.45, 7) is -0.487. The zero-order valence-corrected chi connectivity index (χ0v) is 12.8. The van der Waals surface area contributed by atoms with Gasteiger partial charge in [-0.05, 0) is 30.3 Å². The van der Waals surface area contributed by atoms with Gasteiger partial charge in [-0.2, -0.15) is 0 Å². The average molecular weight is 346 g/mol. The van der Waals surface area contributed by atoms with Crippen molar-refractivity contribution in [2.24, 2.45) is 0 Å². The lowest BCUT2D eigenvalue weighted by atomic mass is 10.3. The van der Waals surface area contributed by atoms with Crippen molar-refractivity contribution in [1.29, 1.82) is 0 Å². The number of amides is 1. The number of hydrogen-bond acceptors (Lipinski definition) is 4. The van der Waals surface area contributed by atoms with Gasteiger partial charge in [-0.25, -0.2) is 4.79 Å². The predicted molar refractivity (Wildman–Crippen MR) is 81.9 cm³/mol. The highest BCUT2D eigenvalue weighted by Gasteiger charge is 2.11. The molecule has 0 aliphatic heterocycles. The highest BCUT2D eigenvalue weighted by molar-refractivity contribution is 7.18. The molecule has 2 aromatic rings. The molecule has 1 heterocycles. The molecule has 0 spiro atoms. The van der Waals surface area contributed by atoms with Crippen LogP contribution in [-0.2, 0) is 4.79 Å². The van der Waals surface area contributed by atoms with E-state index >= 15 is 0 Å². The van der Waals surface area contributed by atoms with Gasteiger partial charge < -0.3 is 15.2 Å². The van der Waals surface area contributed by atoms with Crippen molar-refractivity contribution in [2.75, 3.05) is 11.9 Å². The predicted octanol–water partition coefficient (Wildman–Crippen LogP) is 3.77. The van der Waals surface area contributed by atoms with Crippen molar-refractivity contribution in [3.8, 4) is 5.75 Å². The number of carbonyl (C=O) groups is 2. The fourth-order valence-electron chi connectivity index (χ4n) is 1.46. The first-order valence-corrected chi connectivity index (χ1v) is 7.24. The molecule has 0 saturated heterocycles. The summed E-state index contributed by atoms with van der Waals surface area (Å²) < 4.78 is 5.51. The molecule has 21 heavy (non-hydrogen) atoms. The first-order valence-electron chi connectivity index (χ1n) is 5.66. The van der Waals surface area contributed by atoms with E-state index in [0.29, 0.717) is 14.9 Å². The lowest BCUT2D eigenvalue weighted by molar-refractivity contribution is -0.139. The summed E-state index contributed by atoms with van der Waals surface area (Å²) >= 11 is 12.9. The van der Waals surface area contributed by atoms with Crippen molar-refractivity contribution in [1.82, 2.24) is 0 Å². The monoisotopic (exact) mass is 345 g/mol. The van der Waals surface area contributed by atoms with Crippen LogP contribution in [-0.4, -0.2) is 23.6 Å². The van der Waals surface area contributed by atoms with Crippen molar-refractivity contribution < 1.29 is 19.4 Å². The van der Waals surface area contributed by atoms with Crippen LogP contribution in [0.3, 0.4) is 0 Å². The number of halogens is 2. The van der Waals surface area contributed by atoms with Crippen molar-refractivity contribution in [3.63, 3.8) is 0 Å². The van der Waals surface area contributed by atoms with Crippen molar-refractivity contribution in [2.45, 2.75) is 0 Å². The lowest BCUT2D eigenvalue weighted by Crippen LogP contribution is -2.11. The maximum Gasteiger partial charge on any atom is 0.341 e. The summed E-state index contributed by atoms with van der Waals surface area (Å²) in [5.41, 5.74) is 0.470. The van der Waals surface area contributed by atoms with Gasteiger partial charge in [-0.15, -0.1) is 11.3 Å². The SMILES string of the molecule is O=C(O)COc1ccc(NC(=O)c2ccc(Cl)s2)cc1Cl. The molecule has 1 aromatic heterocycles. The van der Waals surface area contributed by atoms with Crippen LogP contribution in [0.15, 0.2) is 30.3 Å². The van der Waals surface area contributed by atoms with Crippen molar-refractivity contribution >= 4 is 52.1 Å². The van der Waals surface area contributed by atoms with E-state index in [0.717, 1.165) is 11.3 Å². The van der Waals surface area contributed by atoms with Crippen LogP contribution < -0.4 is 10.1 Å². The molecule has 8 heteroatoms. The Morgan fingerprint density at radius 3 is 2.57 bits per heavy atom. The standard InChI is InChI=1S/C13H9Cl2NO4S/c14-8-5-7(1-2-9(8)20-6-12(17)18)16-13(19)10-3-4-11(15)21-10/h1-5H,6H2,(H,16,19)(H,17,18). The van der Waals surface area contributed by atoms with Gasteiger partial charge in [0.05, 0.1) is 14.2 Å². The Kier molecular flexibility index (Phi) is 5.06. The minimum Gasteiger partial charge on any atom is -0.480 e. The van der Waals surface area contributed by atoms with E-state index in [2.05, 4.69) is 5.32 Å². The van der Waals surface area contributed by atoms with Crippen LogP contribution in [0.5, 0.6) is 5.75 Å². The van der Waals surface area contributed by atoms with Crippen LogP contribution in [0.4, 0.5) is 5.69 Å². The number of benzene rings is 1. The third-order valence-corrected chi connectivity index (χ3v) is 3.86. The zero-order chi connectivity index (χ0) is 15.4. The molecule has 0 unspecified atom stereocenters. The van der Waals surface area contributed by atoms with Crippen LogP contribution in [0, 0.1) is 0 Å². The molecular weight excluding hydrogens is 337 g/mol. The summed E-state index contributed by atoms with van der Waals surface area (Å²) in [4.78, 5) is 22.8. The maximum atomic E-state index is 11.9. The topological polar surface area (TPSA) is 75.6 Å². The molecule has 0 bridgehead atoms. The molecule has 0 fully saturated rings. The Morgan fingerprint density at radius 2 is 2.00 bits per heavy atom. The van der Waals surface area contributed by atoms with Gasteiger partial charge in [0.1, 0.15) is 5.75 Å². The number of nitrogens with one attached hydrogen (secondary N) is 1. The van der Waals surface area contributed by atoms with Crippen molar-refractivity contribution in [3.05, 3.63) is 44.6 Å². The maximum absolute atomic E-state index is 11.9. The Hall–Kier alpha value is -1.76. The number of carboxylic acids is 1. The molecule has 1 amide bonds. The van der Waals surface area contributed by atoms with E-state index in [1.807, 2.05) is 0 Å². The number of carbonyl (C=O) groups excluding carboxylic acids is 1. The molecule has 0 aliphatic rings. The van der Waals surface area contributed by atoms with E-state index in [4.69, 9.17) is 33.0 Å². The van der Waals surface area contributed by atoms with Gasteiger partial charge in [0.25, 0.3) is 5.91 Å². The van der Waals surface area contributed by atoms with Gasteiger partial charge in [0.2, 0.25) is 0 Å². The molecule has 5 nitrogen and oxygen atoms in total. The quantitative estimate of drug-likeness (QED) is 0.864. The smallest absolute Gasteiger partial charge is 0.341 e. The van der Waals surface area contributed by atoms with E-state index < -0.39 is 12.6 Å². The van der Waals surface area contributed by atoms with Gasteiger partial charge >= 0.3 is 5.97 Å². The highest BCUT2D eigenvalue weighted by atomic mass is 35.5.